The minimum absolute atomic E-state index is 0.854. The van der Waals surface area contributed by atoms with Crippen molar-refractivity contribution in [3.05, 3.63) is 24.3 Å². The fourth-order valence-corrected chi connectivity index (χ4v) is 3.95. The summed E-state index contributed by atoms with van der Waals surface area (Å²) in [5, 5.41) is 0. The molecule has 3 atom stereocenters. The second-order valence-electron chi connectivity index (χ2n) is 7.20. The molecule has 0 nitrogen and oxygen atoms in total. The van der Waals surface area contributed by atoms with Gasteiger partial charge < -0.3 is 0 Å². The molecule has 0 unspecified atom stereocenters. The predicted octanol–water partition coefficient (Wildman–Crippen LogP) is 8.73. The molecule has 0 heterocycles. The minimum atomic E-state index is 0.854. The molecule has 0 aromatic heterocycles. The lowest BCUT2D eigenvalue weighted by atomic mass is 9.84. The Morgan fingerprint density at radius 2 is 1.46 bits per heavy atom. The van der Waals surface area contributed by atoms with E-state index in [1.165, 1.54) is 77.0 Å². The first-order valence-electron chi connectivity index (χ1n) is 11.1. The van der Waals surface area contributed by atoms with E-state index in [1.54, 1.807) is 0 Å². The molecular formula is C24H46. The first-order chi connectivity index (χ1) is 11.8. The normalized spacial score (nSPS) is 23.8. The first-order valence-corrected chi connectivity index (χ1v) is 11.1. The van der Waals surface area contributed by atoms with E-state index in [-0.39, 0.29) is 0 Å². The molecule has 1 aliphatic carbocycles. The smallest absolute Gasteiger partial charge is 0.0199 e. The Kier molecular flexibility index (Phi) is 16.9. The van der Waals surface area contributed by atoms with Crippen molar-refractivity contribution in [1.29, 1.82) is 0 Å². The number of hydrogen-bond acceptors (Lipinski definition) is 0. The molecule has 0 bridgehead atoms. The summed E-state index contributed by atoms with van der Waals surface area (Å²) < 4.78 is 0. The molecule has 1 aliphatic rings. The Morgan fingerprint density at radius 1 is 0.750 bits per heavy atom. The first kappa shape index (κ1) is 23.5. The molecule has 24 heavy (non-hydrogen) atoms. The Labute approximate surface area is 154 Å². The van der Waals surface area contributed by atoms with Gasteiger partial charge in [0.1, 0.15) is 0 Å². The molecular weight excluding hydrogens is 288 g/mol. The summed E-state index contributed by atoms with van der Waals surface area (Å²) in [7, 11) is 0. The molecule has 1 rings (SSSR count). The molecule has 0 radical (unpaired) electrons. The highest BCUT2D eigenvalue weighted by Gasteiger charge is 2.32. The van der Waals surface area contributed by atoms with Gasteiger partial charge in [-0.3, -0.25) is 0 Å². The van der Waals surface area contributed by atoms with Crippen LogP contribution in [0.25, 0.3) is 0 Å². The fraction of sp³-hybridized carbons (Fsp3) is 0.833. The van der Waals surface area contributed by atoms with Crippen LogP contribution < -0.4 is 0 Å². The minimum Gasteiger partial charge on any atom is -0.0885 e. The predicted molar refractivity (Wildman–Crippen MR) is 113 cm³/mol. The zero-order valence-electron chi connectivity index (χ0n) is 17.5. The van der Waals surface area contributed by atoms with Gasteiger partial charge in [-0.1, -0.05) is 97.4 Å². The van der Waals surface area contributed by atoms with Crippen molar-refractivity contribution in [2.45, 2.75) is 112 Å². The lowest BCUT2D eigenvalue weighted by Crippen LogP contribution is -2.12. The van der Waals surface area contributed by atoms with Crippen molar-refractivity contribution in [2.75, 3.05) is 0 Å². The summed E-state index contributed by atoms with van der Waals surface area (Å²) in [6.07, 6.45) is 26.3. The molecule has 0 amide bonds. The van der Waals surface area contributed by atoms with E-state index >= 15 is 0 Å². The molecule has 0 aromatic rings. The number of hydrogen-bond donors (Lipinski definition) is 0. The van der Waals surface area contributed by atoms with Crippen LogP contribution in [0.15, 0.2) is 24.3 Å². The maximum Gasteiger partial charge on any atom is -0.0199 e. The van der Waals surface area contributed by atoms with Crippen LogP contribution in [0.2, 0.25) is 0 Å². The van der Waals surface area contributed by atoms with Gasteiger partial charge in [0.25, 0.3) is 0 Å². The molecule has 1 saturated carbocycles. The third-order valence-electron chi connectivity index (χ3n) is 5.46. The molecule has 1 fully saturated rings. The van der Waals surface area contributed by atoms with Gasteiger partial charge in [-0.15, -0.1) is 0 Å². The van der Waals surface area contributed by atoms with Crippen LogP contribution in [-0.2, 0) is 0 Å². The van der Waals surface area contributed by atoms with Crippen molar-refractivity contribution in [2.24, 2.45) is 17.8 Å². The maximum absolute atomic E-state index is 2.58. The Morgan fingerprint density at radius 3 is 2.12 bits per heavy atom. The van der Waals surface area contributed by atoms with Gasteiger partial charge in [-0.25, -0.2) is 0 Å². The molecule has 0 spiro atoms. The fourth-order valence-electron chi connectivity index (χ4n) is 3.95. The van der Waals surface area contributed by atoms with E-state index in [0.29, 0.717) is 0 Å². The molecule has 142 valence electrons. The molecule has 0 N–H and O–H groups in total. The highest BCUT2D eigenvalue weighted by molar-refractivity contribution is 5.00. The summed E-state index contributed by atoms with van der Waals surface area (Å²) >= 11 is 0. The maximum atomic E-state index is 2.58. The third-order valence-corrected chi connectivity index (χ3v) is 5.46. The van der Waals surface area contributed by atoms with Crippen LogP contribution in [0.3, 0.4) is 0 Å². The molecule has 0 aliphatic heterocycles. The Balaban J connectivity index is 0.00000254. The Hall–Kier alpha value is -0.520. The monoisotopic (exact) mass is 334 g/mol. The van der Waals surface area contributed by atoms with E-state index in [4.69, 9.17) is 0 Å². The third kappa shape index (κ3) is 10.4. The molecule has 0 heteroatoms. The van der Waals surface area contributed by atoms with Crippen molar-refractivity contribution in [3.8, 4) is 0 Å². The summed E-state index contributed by atoms with van der Waals surface area (Å²) in [6.45, 7) is 11.0. The van der Waals surface area contributed by atoms with Gasteiger partial charge >= 0.3 is 0 Å². The number of rotatable bonds is 12. The van der Waals surface area contributed by atoms with Crippen LogP contribution in [0.4, 0.5) is 0 Å². The van der Waals surface area contributed by atoms with Gasteiger partial charge in [-0.05, 0) is 56.3 Å². The lowest BCUT2D eigenvalue weighted by Gasteiger charge is -2.21. The largest absolute Gasteiger partial charge is 0.0885 e. The second-order valence-corrected chi connectivity index (χ2v) is 7.20. The van der Waals surface area contributed by atoms with E-state index in [9.17, 15) is 0 Å². The standard InChI is InChI=1S/C22H40.C2H6/c1-4-7-9-11-13-14-16-21-19-18-20(6-3)22(21)17-15-12-10-8-5-2;1-2/h12,14-16,20-22H,4-11,13,17-19H2,1-3H3;1-2H3/b15-12-,16-14+;/t20-,21-,22-;/m0./s1. The summed E-state index contributed by atoms with van der Waals surface area (Å²) in [4.78, 5) is 0. The highest BCUT2D eigenvalue weighted by Crippen LogP contribution is 2.42. The van der Waals surface area contributed by atoms with Gasteiger partial charge in [0.05, 0.1) is 0 Å². The van der Waals surface area contributed by atoms with Gasteiger partial charge in [0, 0.05) is 0 Å². The second kappa shape index (κ2) is 17.3. The van der Waals surface area contributed by atoms with Crippen LogP contribution in [0.1, 0.15) is 112 Å². The average molecular weight is 335 g/mol. The molecule has 0 saturated heterocycles. The summed E-state index contributed by atoms with van der Waals surface area (Å²) in [5.74, 6) is 2.73. The lowest BCUT2D eigenvalue weighted by molar-refractivity contribution is 0.341. The highest BCUT2D eigenvalue weighted by atomic mass is 14.4. The summed E-state index contributed by atoms with van der Waals surface area (Å²) in [5.41, 5.74) is 0. The van der Waals surface area contributed by atoms with Gasteiger partial charge in [-0.2, -0.15) is 0 Å². The van der Waals surface area contributed by atoms with Crippen LogP contribution in [-0.4, -0.2) is 0 Å². The van der Waals surface area contributed by atoms with Crippen molar-refractivity contribution in [1.82, 2.24) is 0 Å². The van der Waals surface area contributed by atoms with Gasteiger partial charge in [0.15, 0.2) is 0 Å². The molecule has 0 aromatic carbocycles. The average Bonchev–Trinajstić information content (AvgIpc) is 3.01. The zero-order valence-corrected chi connectivity index (χ0v) is 17.5. The van der Waals surface area contributed by atoms with E-state index in [1.807, 2.05) is 13.8 Å². The quantitative estimate of drug-likeness (QED) is 0.247. The number of unbranched alkanes of at least 4 members (excludes halogenated alkanes) is 6. The zero-order chi connectivity index (χ0) is 18.0. The van der Waals surface area contributed by atoms with Crippen LogP contribution in [0, 0.1) is 17.8 Å². The van der Waals surface area contributed by atoms with Crippen LogP contribution in [0.5, 0.6) is 0 Å². The van der Waals surface area contributed by atoms with E-state index < -0.39 is 0 Å². The van der Waals surface area contributed by atoms with E-state index in [0.717, 1.165) is 17.8 Å². The Bertz CT molecular complexity index is 299. The SMILES string of the molecule is CC.CCCC/C=C\C[C@H]1[C@@H](CC)CC[C@@H]1/C=C/CCCCCC. The number of allylic oxidation sites excluding steroid dienone is 4. The van der Waals surface area contributed by atoms with E-state index in [2.05, 4.69) is 45.1 Å². The topological polar surface area (TPSA) is 0 Å². The van der Waals surface area contributed by atoms with Crippen molar-refractivity contribution in [3.63, 3.8) is 0 Å². The van der Waals surface area contributed by atoms with Crippen molar-refractivity contribution >= 4 is 0 Å². The van der Waals surface area contributed by atoms with Crippen molar-refractivity contribution < 1.29 is 0 Å². The summed E-state index contributed by atoms with van der Waals surface area (Å²) in [6, 6.07) is 0. The van der Waals surface area contributed by atoms with Crippen LogP contribution >= 0.6 is 0 Å². The van der Waals surface area contributed by atoms with Gasteiger partial charge in [0.2, 0.25) is 0 Å².